The second-order valence-electron chi connectivity index (χ2n) is 4.99. The van der Waals surface area contributed by atoms with Gasteiger partial charge in [0.05, 0.1) is 18.2 Å². The Hall–Kier alpha value is -0.580. The minimum Gasteiger partial charge on any atom is -0.496 e. The van der Waals surface area contributed by atoms with Crippen LogP contribution in [0.15, 0.2) is 22.7 Å². The maximum atomic E-state index is 9.69. The number of methoxy groups -OCH3 is 1. The number of rotatable bonds is 5. The maximum absolute atomic E-state index is 9.69. The first-order chi connectivity index (χ1) is 8.66. The van der Waals surface area contributed by atoms with Crippen molar-refractivity contribution in [3.8, 4) is 5.75 Å². The van der Waals surface area contributed by atoms with Crippen molar-refractivity contribution in [3.05, 3.63) is 28.2 Å². The topological polar surface area (TPSA) is 41.5 Å². The van der Waals surface area contributed by atoms with Crippen molar-refractivity contribution in [2.24, 2.45) is 5.41 Å². The van der Waals surface area contributed by atoms with E-state index in [1.807, 2.05) is 13.1 Å². The van der Waals surface area contributed by atoms with E-state index in [0.717, 1.165) is 23.1 Å². The molecule has 1 unspecified atom stereocenters. The quantitative estimate of drug-likeness (QED) is 0.878. The third-order valence-corrected chi connectivity index (χ3v) is 4.69. The normalized spacial score (nSPS) is 19.1. The zero-order valence-corrected chi connectivity index (χ0v) is 12.5. The van der Waals surface area contributed by atoms with Gasteiger partial charge < -0.3 is 15.2 Å². The van der Waals surface area contributed by atoms with E-state index in [1.165, 1.54) is 12.0 Å². The van der Waals surface area contributed by atoms with Crippen molar-refractivity contribution in [2.45, 2.75) is 25.3 Å². The second kappa shape index (κ2) is 5.59. The van der Waals surface area contributed by atoms with Crippen molar-refractivity contribution in [1.29, 1.82) is 0 Å². The molecule has 4 heteroatoms. The Morgan fingerprint density at radius 1 is 1.50 bits per heavy atom. The van der Waals surface area contributed by atoms with E-state index in [1.54, 1.807) is 7.11 Å². The van der Waals surface area contributed by atoms with Gasteiger partial charge in [0.1, 0.15) is 5.75 Å². The highest BCUT2D eigenvalue weighted by Gasteiger charge is 2.43. The molecule has 1 saturated carbocycles. The highest BCUT2D eigenvalue weighted by atomic mass is 79.9. The molecule has 1 atom stereocenters. The van der Waals surface area contributed by atoms with Crippen molar-refractivity contribution >= 4 is 15.9 Å². The van der Waals surface area contributed by atoms with Crippen LogP contribution in [0.4, 0.5) is 0 Å². The van der Waals surface area contributed by atoms with Crippen molar-refractivity contribution < 1.29 is 9.84 Å². The van der Waals surface area contributed by atoms with Gasteiger partial charge in [0.2, 0.25) is 0 Å². The highest BCUT2D eigenvalue weighted by Crippen LogP contribution is 2.50. The van der Waals surface area contributed by atoms with Crippen LogP contribution in [-0.2, 0) is 0 Å². The van der Waals surface area contributed by atoms with Crippen molar-refractivity contribution in [3.63, 3.8) is 0 Å². The van der Waals surface area contributed by atoms with Crippen LogP contribution >= 0.6 is 15.9 Å². The molecule has 0 aromatic heterocycles. The number of nitrogens with one attached hydrogen (secondary N) is 1. The molecule has 0 amide bonds. The zero-order valence-electron chi connectivity index (χ0n) is 10.9. The number of hydrogen-bond acceptors (Lipinski definition) is 3. The first-order valence-electron chi connectivity index (χ1n) is 6.28. The largest absolute Gasteiger partial charge is 0.496 e. The van der Waals surface area contributed by atoms with Crippen LogP contribution < -0.4 is 10.1 Å². The Morgan fingerprint density at radius 2 is 2.22 bits per heavy atom. The van der Waals surface area contributed by atoms with Gasteiger partial charge in [-0.15, -0.1) is 0 Å². The first kappa shape index (κ1) is 13.8. The molecule has 1 aliphatic rings. The van der Waals surface area contributed by atoms with E-state index in [-0.39, 0.29) is 18.1 Å². The van der Waals surface area contributed by atoms with Gasteiger partial charge >= 0.3 is 0 Å². The van der Waals surface area contributed by atoms with Gasteiger partial charge in [-0.1, -0.05) is 12.5 Å². The lowest BCUT2D eigenvalue weighted by Crippen LogP contribution is -2.44. The Balaban J connectivity index is 2.30. The Bertz CT molecular complexity index is 413. The fourth-order valence-corrected chi connectivity index (χ4v) is 3.42. The molecule has 0 saturated heterocycles. The summed E-state index contributed by atoms with van der Waals surface area (Å²) in [5, 5.41) is 13.0. The van der Waals surface area contributed by atoms with Crippen LogP contribution in [0.1, 0.15) is 30.9 Å². The average Bonchev–Trinajstić information content (AvgIpc) is 2.33. The summed E-state index contributed by atoms with van der Waals surface area (Å²) >= 11 is 3.52. The Kier molecular flexibility index (Phi) is 4.30. The van der Waals surface area contributed by atoms with Gasteiger partial charge in [0, 0.05) is 11.5 Å². The molecular formula is C14H20BrNO2. The summed E-state index contributed by atoms with van der Waals surface area (Å²) in [5.41, 5.74) is 1.20. The lowest BCUT2D eigenvalue weighted by Gasteiger charge is -2.46. The minimum atomic E-state index is 0.00276. The SMILES string of the molecule is CNC(c1ccc(OC)c(Br)c1)C1(CO)CCC1. The zero-order chi connectivity index (χ0) is 13.2. The smallest absolute Gasteiger partial charge is 0.133 e. The summed E-state index contributed by atoms with van der Waals surface area (Å²) in [6.07, 6.45) is 3.37. The van der Waals surface area contributed by atoms with Gasteiger partial charge in [-0.2, -0.15) is 0 Å². The highest BCUT2D eigenvalue weighted by molar-refractivity contribution is 9.10. The monoisotopic (exact) mass is 313 g/mol. The third kappa shape index (κ3) is 2.29. The molecule has 0 spiro atoms. The summed E-state index contributed by atoms with van der Waals surface area (Å²) in [5.74, 6) is 0.834. The van der Waals surface area contributed by atoms with Gasteiger partial charge in [0.25, 0.3) is 0 Å². The predicted molar refractivity (Wildman–Crippen MR) is 75.9 cm³/mol. The molecule has 0 aliphatic heterocycles. The number of hydrogen-bond donors (Lipinski definition) is 2. The molecular weight excluding hydrogens is 294 g/mol. The molecule has 18 heavy (non-hydrogen) atoms. The maximum Gasteiger partial charge on any atom is 0.133 e. The number of aliphatic hydroxyl groups excluding tert-OH is 1. The number of benzene rings is 1. The molecule has 0 radical (unpaired) electrons. The van der Waals surface area contributed by atoms with Crippen molar-refractivity contribution in [2.75, 3.05) is 20.8 Å². The third-order valence-electron chi connectivity index (χ3n) is 4.07. The summed E-state index contributed by atoms with van der Waals surface area (Å²) in [7, 11) is 3.62. The van der Waals surface area contributed by atoms with E-state index >= 15 is 0 Å². The summed E-state index contributed by atoms with van der Waals surface area (Å²) in [4.78, 5) is 0. The van der Waals surface area contributed by atoms with Crippen LogP contribution in [0.3, 0.4) is 0 Å². The van der Waals surface area contributed by atoms with E-state index in [4.69, 9.17) is 4.74 Å². The molecule has 2 rings (SSSR count). The fraction of sp³-hybridized carbons (Fsp3) is 0.571. The van der Waals surface area contributed by atoms with Crippen LogP contribution in [0.25, 0.3) is 0 Å². The van der Waals surface area contributed by atoms with E-state index in [0.29, 0.717) is 0 Å². The molecule has 1 fully saturated rings. The van der Waals surface area contributed by atoms with Gasteiger partial charge in [-0.05, 0) is 53.5 Å². The van der Waals surface area contributed by atoms with E-state index in [2.05, 4.69) is 33.4 Å². The second-order valence-corrected chi connectivity index (χ2v) is 5.84. The summed E-state index contributed by atoms with van der Waals surface area (Å²) in [6.45, 7) is 0.238. The minimum absolute atomic E-state index is 0.00276. The predicted octanol–water partition coefficient (Wildman–Crippen LogP) is 2.88. The van der Waals surface area contributed by atoms with Gasteiger partial charge in [0.15, 0.2) is 0 Å². The first-order valence-corrected chi connectivity index (χ1v) is 7.08. The molecule has 1 aromatic carbocycles. The molecule has 1 aliphatic carbocycles. The van der Waals surface area contributed by atoms with Crippen LogP contribution in [0.5, 0.6) is 5.75 Å². The van der Waals surface area contributed by atoms with Crippen LogP contribution in [0.2, 0.25) is 0 Å². The Morgan fingerprint density at radius 3 is 2.61 bits per heavy atom. The lowest BCUT2D eigenvalue weighted by molar-refractivity contribution is 0.00780. The Labute approximate surface area is 117 Å². The van der Waals surface area contributed by atoms with Crippen molar-refractivity contribution in [1.82, 2.24) is 5.32 Å². The molecule has 0 bridgehead atoms. The number of halogens is 1. The molecule has 100 valence electrons. The van der Waals surface area contributed by atoms with Crippen LogP contribution in [0, 0.1) is 5.41 Å². The number of aliphatic hydroxyl groups is 1. The molecule has 3 nitrogen and oxygen atoms in total. The van der Waals surface area contributed by atoms with Gasteiger partial charge in [-0.3, -0.25) is 0 Å². The average molecular weight is 314 g/mol. The standard InChI is InChI=1S/C14H20BrNO2/c1-16-13(14(9-17)6-3-7-14)10-4-5-12(18-2)11(15)8-10/h4-5,8,13,16-17H,3,6-7,9H2,1-2H3. The summed E-state index contributed by atoms with van der Waals surface area (Å²) in [6, 6.07) is 6.31. The number of ether oxygens (including phenoxy) is 1. The molecule has 0 heterocycles. The molecule has 2 N–H and O–H groups in total. The van der Waals surface area contributed by atoms with E-state index in [9.17, 15) is 5.11 Å². The van der Waals surface area contributed by atoms with Gasteiger partial charge in [-0.25, -0.2) is 0 Å². The summed E-state index contributed by atoms with van der Waals surface area (Å²) < 4.78 is 6.20. The molecule has 1 aromatic rings. The fourth-order valence-electron chi connectivity index (χ4n) is 2.86. The van der Waals surface area contributed by atoms with E-state index < -0.39 is 0 Å². The lowest BCUT2D eigenvalue weighted by atomic mass is 9.63. The van der Waals surface area contributed by atoms with Crippen LogP contribution in [-0.4, -0.2) is 25.9 Å².